The molecule has 112 valence electrons. The summed E-state index contributed by atoms with van der Waals surface area (Å²) >= 11 is 1.70. The molecule has 0 spiro atoms. The lowest BCUT2D eigenvalue weighted by molar-refractivity contribution is 0.169. The van der Waals surface area contributed by atoms with Gasteiger partial charge in [-0.25, -0.2) is 17.8 Å². The zero-order valence-electron chi connectivity index (χ0n) is 11.2. The van der Waals surface area contributed by atoms with Crippen molar-refractivity contribution in [3.8, 4) is 0 Å². The van der Waals surface area contributed by atoms with Crippen LogP contribution in [0.1, 0.15) is 6.42 Å². The third kappa shape index (κ3) is 3.30. The first-order chi connectivity index (χ1) is 9.57. The zero-order chi connectivity index (χ0) is 14.6. The summed E-state index contributed by atoms with van der Waals surface area (Å²) < 4.78 is 45.2. The molecule has 1 aromatic heterocycles. The van der Waals surface area contributed by atoms with E-state index in [1.54, 1.807) is 11.8 Å². The molecule has 1 aromatic rings. The van der Waals surface area contributed by atoms with Crippen molar-refractivity contribution in [2.24, 2.45) is 0 Å². The molecule has 0 saturated carbocycles. The van der Waals surface area contributed by atoms with Crippen LogP contribution in [0.15, 0.2) is 23.4 Å². The average molecular weight is 320 g/mol. The number of halogens is 1. The number of ether oxygens (including phenoxy) is 1. The summed E-state index contributed by atoms with van der Waals surface area (Å²) in [7, 11) is -2.42. The Hall–Kier alpha value is -0.700. The first kappa shape index (κ1) is 15.7. The fraction of sp³-hybridized carbons (Fsp3) is 0.583. The monoisotopic (exact) mass is 320 g/mol. The van der Waals surface area contributed by atoms with E-state index in [0.717, 1.165) is 24.0 Å². The second-order valence-electron chi connectivity index (χ2n) is 4.42. The van der Waals surface area contributed by atoms with Gasteiger partial charge < -0.3 is 4.74 Å². The first-order valence-electron chi connectivity index (χ1n) is 6.26. The number of aromatic nitrogens is 1. The van der Waals surface area contributed by atoms with Gasteiger partial charge >= 0.3 is 0 Å². The Morgan fingerprint density at radius 2 is 2.40 bits per heavy atom. The number of methoxy groups -OCH3 is 1. The Bertz CT molecular complexity index is 547. The van der Waals surface area contributed by atoms with Gasteiger partial charge in [-0.15, -0.1) is 0 Å². The summed E-state index contributed by atoms with van der Waals surface area (Å²) in [5, 5.41) is -0.506. The van der Waals surface area contributed by atoms with Crippen LogP contribution in [0.3, 0.4) is 0 Å². The fourth-order valence-corrected chi connectivity index (χ4v) is 5.04. The molecule has 1 fully saturated rings. The Balaban J connectivity index is 2.33. The largest absolute Gasteiger partial charge is 0.383 e. The topological polar surface area (TPSA) is 59.5 Å². The molecule has 1 saturated heterocycles. The Kier molecular flexibility index (Phi) is 5.36. The van der Waals surface area contributed by atoms with E-state index in [1.807, 2.05) is 0 Å². The van der Waals surface area contributed by atoms with Crippen LogP contribution in [0.4, 0.5) is 4.39 Å². The third-order valence-corrected chi connectivity index (χ3v) is 6.14. The van der Waals surface area contributed by atoms with E-state index in [1.165, 1.54) is 23.7 Å². The Morgan fingerprint density at radius 3 is 3.00 bits per heavy atom. The lowest BCUT2D eigenvalue weighted by Crippen LogP contribution is -2.42. The van der Waals surface area contributed by atoms with Gasteiger partial charge in [0.1, 0.15) is 0 Å². The van der Waals surface area contributed by atoms with Gasteiger partial charge in [0.2, 0.25) is 5.03 Å². The minimum absolute atomic E-state index is 0.124. The van der Waals surface area contributed by atoms with Crippen molar-refractivity contribution in [2.45, 2.75) is 17.5 Å². The SMILES string of the molecule is COCCN(C1CCSC1)S(=O)(=O)c1ncccc1F. The molecular weight excluding hydrogens is 303 g/mol. The molecule has 0 bridgehead atoms. The molecule has 0 radical (unpaired) electrons. The zero-order valence-corrected chi connectivity index (χ0v) is 12.8. The summed E-state index contributed by atoms with van der Waals surface area (Å²) in [5.41, 5.74) is 0. The van der Waals surface area contributed by atoms with E-state index >= 15 is 0 Å². The van der Waals surface area contributed by atoms with Crippen LogP contribution in [0.5, 0.6) is 0 Å². The maximum atomic E-state index is 13.7. The van der Waals surface area contributed by atoms with Crippen molar-refractivity contribution in [1.82, 2.24) is 9.29 Å². The number of nitrogens with zero attached hydrogens (tertiary/aromatic N) is 2. The molecular formula is C12H17FN2O3S2. The van der Waals surface area contributed by atoms with Crippen molar-refractivity contribution >= 4 is 21.8 Å². The summed E-state index contributed by atoms with van der Waals surface area (Å²) in [6.07, 6.45) is 2.05. The number of hydrogen-bond acceptors (Lipinski definition) is 5. The van der Waals surface area contributed by atoms with Crippen LogP contribution in [-0.4, -0.2) is 55.5 Å². The van der Waals surface area contributed by atoms with Crippen molar-refractivity contribution in [1.29, 1.82) is 0 Å². The molecule has 2 heterocycles. The van der Waals surface area contributed by atoms with Gasteiger partial charge in [0.25, 0.3) is 10.0 Å². The second-order valence-corrected chi connectivity index (χ2v) is 7.37. The van der Waals surface area contributed by atoms with Gasteiger partial charge in [0.15, 0.2) is 5.82 Å². The van der Waals surface area contributed by atoms with Gasteiger partial charge in [-0.1, -0.05) is 0 Å². The van der Waals surface area contributed by atoms with E-state index < -0.39 is 20.9 Å². The average Bonchev–Trinajstić information content (AvgIpc) is 2.93. The standard InChI is InChI=1S/C12H17FN2O3S2/c1-18-7-6-15(10-4-8-19-9-10)20(16,17)12-11(13)3-2-5-14-12/h2-3,5,10H,4,6-9H2,1H3. The van der Waals surface area contributed by atoms with E-state index in [-0.39, 0.29) is 19.2 Å². The first-order valence-corrected chi connectivity index (χ1v) is 8.86. The summed E-state index contributed by atoms with van der Waals surface area (Å²) in [6.45, 7) is 0.481. The third-order valence-electron chi connectivity index (χ3n) is 3.11. The lowest BCUT2D eigenvalue weighted by atomic mass is 10.3. The van der Waals surface area contributed by atoms with Crippen LogP contribution in [0.2, 0.25) is 0 Å². The highest BCUT2D eigenvalue weighted by Crippen LogP contribution is 2.27. The van der Waals surface area contributed by atoms with Crippen molar-refractivity contribution in [3.05, 3.63) is 24.1 Å². The summed E-state index contributed by atoms with van der Waals surface area (Å²) in [6, 6.07) is 2.36. The van der Waals surface area contributed by atoms with Crippen LogP contribution >= 0.6 is 11.8 Å². The highest BCUT2D eigenvalue weighted by Gasteiger charge is 2.35. The van der Waals surface area contributed by atoms with E-state index in [4.69, 9.17) is 4.74 Å². The number of pyridine rings is 1. The van der Waals surface area contributed by atoms with Gasteiger partial charge in [-0.3, -0.25) is 0 Å². The van der Waals surface area contributed by atoms with Gasteiger partial charge in [-0.2, -0.15) is 16.1 Å². The van der Waals surface area contributed by atoms with Crippen molar-refractivity contribution in [2.75, 3.05) is 31.8 Å². The second kappa shape index (κ2) is 6.84. The van der Waals surface area contributed by atoms with Gasteiger partial charge in [0, 0.05) is 31.6 Å². The smallest absolute Gasteiger partial charge is 0.263 e. The van der Waals surface area contributed by atoms with Crippen LogP contribution in [0.25, 0.3) is 0 Å². The van der Waals surface area contributed by atoms with Gasteiger partial charge in [0.05, 0.1) is 6.61 Å². The Labute approximate surface area is 122 Å². The number of thioether (sulfide) groups is 1. The predicted octanol–water partition coefficient (Wildman–Crippen LogP) is 1.36. The lowest BCUT2D eigenvalue weighted by Gasteiger charge is -2.26. The van der Waals surface area contributed by atoms with Gasteiger partial charge in [-0.05, 0) is 24.3 Å². The van der Waals surface area contributed by atoms with Crippen LogP contribution < -0.4 is 0 Å². The van der Waals surface area contributed by atoms with E-state index in [0.29, 0.717) is 0 Å². The quantitative estimate of drug-likeness (QED) is 0.792. The molecule has 0 N–H and O–H groups in total. The summed E-state index contributed by atoms with van der Waals surface area (Å²) in [5.74, 6) is 0.812. The Morgan fingerprint density at radius 1 is 1.60 bits per heavy atom. The van der Waals surface area contributed by atoms with E-state index in [2.05, 4.69) is 4.98 Å². The molecule has 8 heteroatoms. The number of hydrogen-bond donors (Lipinski definition) is 0. The molecule has 0 aliphatic carbocycles. The normalized spacial score (nSPS) is 19.6. The summed E-state index contributed by atoms with van der Waals surface area (Å²) in [4.78, 5) is 3.70. The highest BCUT2D eigenvalue weighted by atomic mass is 32.2. The number of sulfonamides is 1. The molecule has 20 heavy (non-hydrogen) atoms. The molecule has 0 aromatic carbocycles. The maximum absolute atomic E-state index is 13.7. The molecule has 0 amide bonds. The molecule has 1 unspecified atom stereocenters. The molecule has 5 nitrogen and oxygen atoms in total. The minimum Gasteiger partial charge on any atom is -0.383 e. The fourth-order valence-electron chi connectivity index (χ4n) is 2.10. The number of rotatable bonds is 6. The minimum atomic E-state index is -3.93. The van der Waals surface area contributed by atoms with Crippen molar-refractivity contribution < 1.29 is 17.5 Å². The maximum Gasteiger partial charge on any atom is 0.263 e. The van der Waals surface area contributed by atoms with Crippen molar-refractivity contribution in [3.63, 3.8) is 0 Å². The van der Waals surface area contributed by atoms with Crippen LogP contribution in [0, 0.1) is 5.82 Å². The molecule has 1 atom stereocenters. The molecule has 1 aliphatic rings. The van der Waals surface area contributed by atoms with E-state index in [9.17, 15) is 12.8 Å². The van der Waals surface area contributed by atoms with Crippen LogP contribution in [-0.2, 0) is 14.8 Å². The highest BCUT2D eigenvalue weighted by molar-refractivity contribution is 7.99. The molecule has 2 rings (SSSR count). The predicted molar refractivity (Wildman–Crippen MR) is 75.7 cm³/mol. The molecule has 1 aliphatic heterocycles.